The summed E-state index contributed by atoms with van der Waals surface area (Å²) >= 11 is 0. The largest absolute Gasteiger partial charge is 0.411 e. The van der Waals surface area contributed by atoms with Gasteiger partial charge in [-0.25, -0.2) is 0 Å². The molecule has 2 nitrogen and oxygen atoms in total. The molecule has 0 aromatic carbocycles. The van der Waals surface area contributed by atoms with Gasteiger partial charge in [0.05, 0.1) is 0 Å². The third-order valence-corrected chi connectivity index (χ3v) is 2.57. The van der Waals surface area contributed by atoms with Crippen LogP contribution in [-0.4, -0.2) is 33.0 Å². The molecule has 0 aliphatic carbocycles. The van der Waals surface area contributed by atoms with E-state index in [1.807, 2.05) is 7.05 Å². The molecule has 0 aliphatic rings. The fourth-order valence-electron chi connectivity index (χ4n) is 1.84. The first-order valence-corrected chi connectivity index (χ1v) is 5.62. The Balaban J connectivity index is 3.84. The average molecular weight is 241 g/mol. The van der Waals surface area contributed by atoms with E-state index in [9.17, 15) is 13.2 Å². The minimum atomic E-state index is -4.22. The van der Waals surface area contributed by atoms with Crippen LogP contribution in [0.4, 0.5) is 13.2 Å². The van der Waals surface area contributed by atoms with Crippen LogP contribution in [-0.2, 0) is 4.74 Å². The van der Waals surface area contributed by atoms with Crippen molar-refractivity contribution in [2.45, 2.75) is 39.3 Å². The minimum Gasteiger partial charge on any atom is -0.372 e. The number of hydrogen-bond acceptors (Lipinski definition) is 2. The van der Waals surface area contributed by atoms with E-state index in [0.717, 1.165) is 19.4 Å². The second-order valence-corrected chi connectivity index (χ2v) is 4.51. The molecule has 0 aliphatic heterocycles. The van der Waals surface area contributed by atoms with Gasteiger partial charge < -0.3 is 10.1 Å². The van der Waals surface area contributed by atoms with Crippen molar-refractivity contribution in [1.29, 1.82) is 0 Å². The monoisotopic (exact) mass is 241 g/mol. The summed E-state index contributed by atoms with van der Waals surface area (Å²) in [6.45, 7) is 3.97. The molecule has 1 N–H and O–H groups in total. The first kappa shape index (κ1) is 15.7. The molecular formula is C11H22F3NO. The molecule has 98 valence electrons. The fourth-order valence-corrected chi connectivity index (χ4v) is 1.84. The summed E-state index contributed by atoms with van der Waals surface area (Å²) in [5, 5.41) is 3.07. The Morgan fingerprint density at radius 1 is 1.19 bits per heavy atom. The molecule has 0 amide bonds. The van der Waals surface area contributed by atoms with Crippen molar-refractivity contribution in [2.24, 2.45) is 5.41 Å². The van der Waals surface area contributed by atoms with Crippen LogP contribution in [0.25, 0.3) is 0 Å². The topological polar surface area (TPSA) is 21.3 Å². The quantitative estimate of drug-likeness (QED) is 0.660. The van der Waals surface area contributed by atoms with Gasteiger partial charge in [-0.3, -0.25) is 0 Å². The van der Waals surface area contributed by atoms with Gasteiger partial charge in [0, 0.05) is 13.2 Å². The van der Waals surface area contributed by atoms with Crippen molar-refractivity contribution >= 4 is 0 Å². The lowest BCUT2D eigenvalue weighted by Crippen LogP contribution is -2.31. The van der Waals surface area contributed by atoms with Crippen molar-refractivity contribution in [3.8, 4) is 0 Å². The molecular weight excluding hydrogens is 219 g/mol. The highest BCUT2D eigenvalue weighted by Gasteiger charge is 2.28. The Morgan fingerprint density at radius 3 is 2.25 bits per heavy atom. The van der Waals surface area contributed by atoms with Crippen molar-refractivity contribution in [3.05, 3.63) is 0 Å². The summed E-state index contributed by atoms with van der Waals surface area (Å²) < 4.78 is 40.1. The molecule has 16 heavy (non-hydrogen) atoms. The molecule has 0 bridgehead atoms. The number of ether oxygens (including phenoxy) is 1. The van der Waals surface area contributed by atoms with Gasteiger partial charge >= 0.3 is 6.18 Å². The Hall–Kier alpha value is -0.290. The van der Waals surface area contributed by atoms with E-state index < -0.39 is 12.8 Å². The molecule has 0 aromatic heterocycles. The van der Waals surface area contributed by atoms with Crippen LogP contribution in [0.1, 0.15) is 33.1 Å². The van der Waals surface area contributed by atoms with Gasteiger partial charge in [0.2, 0.25) is 0 Å². The molecule has 0 heterocycles. The fraction of sp³-hybridized carbons (Fsp3) is 1.00. The zero-order valence-corrected chi connectivity index (χ0v) is 10.3. The van der Waals surface area contributed by atoms with E-state index in [-0.39, 0.29) is 12.0 Å². The smallest absolute Gasteiger partial charge is 0.372 e. The van der Waals surface area contributed by atoms with Gasteiger partial charge in [0.1, 0.15) is 6.61 Å². The molecule has 1 atom stereocenters. The molecule has 0 saturated carbocycles. The standard InChI is InChI=1S/C11H22F3NO/c1-4-5-10(2,8-15-3)6-7-16-9-11(12,13)14/h15H,4-9H2,1-3H3. The Bertz CT molecular complexity index is 177. The van der Waals surface area contributed by atoms with Crippen LogP contribution < -0.4 is 5.32 Å². The molecule has 5 heteroatoms. The van der Waals surface area contributed by atoms with Crippen molar-refractivity contribution in [2.75, 3.05) is 26.8 Å². The third kappa shape index (κ3) is 7.93. The number of alkyl halides is 3. The first-order valence-electron chi connectivity index (χ1n) is 5.62. The van der Waals surface area contributed by atoms with Crippen molar-refractivity contribution in [1.82, 2.24) is 5.32 Å². The van der Waals surface area contributed by atoms with Crippen LogP contribution in [0.2, 0.25) is 0 Å². The van der Waals surface area contributed by atoms with E-state index in [2.05, 4.69) is 23.9 Å². The van der Waals surface area contributed by atoms with E-state index in [0.29, 0.717) is 6.42 Å². The highest BCUT2D eigenvalue weighted by atomic mass is 19.4. The maximum absolute atomic E-state index is 11.8. The highest BCUT2D eigenvalue weighted by molar-refractivity contribution is 4.75. The van der Waals surface area contributed by atoms with Crippen LogP contribution in [0.15, 0.2) is 0 Å². The van der Waals surface area contributed by atoms with Crippen molar-refractivity contribution in [3.63, 3.8) is 0 Å². The Labute approximate surface area is 95.5 Å². The van der Waals surface area contributed by atoms with Crippen LogP contribution in [0.5, 0.6) is 0 Å². The molecule has 1 unspecified atom stereocenters. The van der Waals surface area contributed by atoms with Gasteiger partial charge in [0.25, 0.3) is 0 Å². The normalized spacial score (nSPS) is 16.1. The van der Waals surface area contributed by atoms with Gasteiger partial charge in [0.15, 0.2) is 0 Å². The highest BCUT2D eigenvalue weighted by Crippen LogP contribution is 2.27. The summed E-state index contributed by atoms with van der Waals surface area (Å²) in [6.07, 6.45) is -1.55. The lowest BCUT2D eigenvalue weighted by molar-refractivity contribution is -0.175. The zero-order valence-electron chi connectivity index (χ0n) is 10.3. The third-order valence-electron chi connectivity index (χ3n) is 2.57. The Kier molecular flexibility index (Phi) is 6.99. The molecule has 0 radical (unpaired) electrons. The summed E-state index contributed by atoms with van der Waals surface area (Å²) in [6, 6.07) is 0. The molecule has 0 spiro atoms. The molecule has 0 aromatic rings. The lowest BCUT2D eigenvalue weighted by atomic mass is 9.82. The van der Waals surface area contributed by atoms with E-state index in [1.54, 1.807) is 0 Å². The van der Waals surface area contributed by atoms with E-state index in [1.165, 1.54) is 0 Å². The number of halogens is 3. The first-order chi connectivity index (χ1) is 7.33. The SMILES string of the molecule is CCCC(C)(CCOCC(F)(F)F)CNC. The second-order valence-electron chi connectivity index (χ2n) is 4.51. The number of hydrogen-bond donors (Lipinski definition) is 1. The van der Waals surface area contributed by atoms with Crippen LogP contribution >= 0.6 is 0 Å². The van der Waals surface area contributed by atoms with Crippen LogP contribution in [0, 0.1) is 5.41 Å². The summed E-state index contributed by atoms with van der Waals surface area (Å²) in [5.41, 5.74) is 0.0229. The predicted molar refractivity (Wildman–Crippen MR) is 58.4 cm³/mol. The summed E-state index contributed by atoms with van der Waals surface area (Å²) in [5.74, 6) is 0. The summed E-state index contributed by atoms with van der Waals surface area (Å²) in [4.78, 5) is 0. The second kappa shape index (κ2) is 7.12. The number of rotatable bonds is 8. The van der Waals surface area contributed by atoms with Crippen molar-refractivity contribution < 1.29 is 17.9 Å². The molecule has 0 rings (SSSR count). The molecule has 0 saturated heterocycles. The number of nitrogens with one attached hydrogen (secondary N) is 1. The zero-order chi connectivity index (χ0) is 12.7. The van der Waals surface area contributed by atoms with Gasteiger partial charge in [-0.2, -0.15) is 13.2 Å². The average Bonchev–Trinajstić information content (AvgIpc) is 2.12. The van der Waals surface area contributed by atoms with Gasteiger partial charge in [-0.15, -0.1) is 0 Å². The van der Waals surface area contributed by atoms with Gasteiger partial charge in [-0.1, -0.05) is 20.3 Å². The summed E-state index contributed by atoms with van der Waals surface area (Å²) in [7, 11) is 1.85. The molecule has 0 fully saturated rings. The van der Waals surface area contributed by atoms with Crippen LogP contribution in [0.3, 0.4) is 0 Å². The van der Waals surface area contributed by atoms with E-state index >= 15 is 0 Å². The maximum atomic E-state index is 11.8. The maximum Gasteiger partial charge on any atom is 0.411 e. The minimum absolute atomic E-state index is 0.0229. The van der Waals surface area contributed by atoms with Gasteiger partial charge in [-0.05, 0) is 25.3 Å². The predicted octanol–water partition coefficient (Wildman–Crippen LogP) is 2.98. The Morgan fingerprint density at radius 2 is 1.81 bits per heavy atom. The van der Waals surface area contributed by atoms with E-state index in [4.69, 9.17) is 0 Å². The lowest BCUT2D eigenvalue weighted by Gasteiger charge is -2.29.